The quantitative estimate of drug-likeness (QED) is 0.306. The Hall–Kier alpha value is -1.33. The van der Waals surface area contributed by atoms with Crippen LogP contribution in [0.2, 0.25) is 0 Å². The van der Waals surface area contributed by atoms with Crippen LogP contribution in [0.1, 0.15) is 6.23 Å². The first-order valence-electron chi connectivity index (χ1n) is 5.72. The van der Waals surface area contributed by atoms with Crippen molar-refractivity contribution in [2.24, 2.45) is 0 Å². The molecule has 0 unspecified atom stereocenters. The minimum atomic E-state index is -4.73. The summed E-state index contributed by atoms with van der Waals surface area (Å²) in [7, 11) is -4.73. The first kappa shape index (κ1) is 16.0. The number of rotatable bonds is 5. The Balaban J connectivity index is 2.08. The van der Waals surface area contributed by atoms with Crippen molar-refractivity contribution < 1.29 is 38.7 Å². The molecule has 118 valence electrons. The molecule has 1 saturated heterocycles. The molecule has 0 spiro atoms. The zero-order valence-electron chi connectivity index (χ0n) is 10.4. The van der Waals surface area contributed by atoms with Crippen LogP contribution >= 0.6 is 7.82 Å². The molecule has 1 fully saturated rings. The van der Waals surface area contributed by atoms with Crippen molar-refractivity contribution >= 4 is 13.5 Å². The Morgan fingerprint density at radius 2 is 2.10 bits per heavy atom. The fourth-order valence-corrected chi connectivity index (χ4v) is 2.29. The second kappa shape index (κ2) is 5.81. The molecule has 12 heteroatoms. The van der Waals surface area contributed by atoms with E-state index in [0.717, 1.165) is 6.20 Å². The Morgan fingerprint density at radius 3 is 2.62 bits per heavy atom. The summed E-state index contributed by atoms with van der Waals surface area (Å²) in [5, 5.41) is 30.2. The zero-order chi connectivity index (χ0) is 15.8. The minimum Gasteiger partial charge on any atom is -0.387 e. The van der Waals surface area contributed by atoms with Gasteiger partial charge in [0.1, 0.15) is 18.3 Å². The van der Waals surface area contributed by atoms with E-state index < -0.39 is 43.9 Å². The van der Waals surface area contributed by atoms with Gasteiger partial charge in [-0.15, -0.1) is 0 Å². The molecule has 21 heavy (non-hydrogen) atoms. The third-order valence-electron chi connectivity index (χ3n) is 2.95. The average Bonchev–Trinajstić information content (AvgIpc) is 2.94. The summed E-state index contributed by atoms with van der Waals surface area (Å²) in [5.74, 6) is 0. The maximum Gasteiger partial charge on any atom is 0.469 e. The zero-order valence-corrected chi connectivity index (χ0v) is 11.3. The van der Waals surface area contributed by atoms with Gasteiger partial charge in [0.05, 0.1) is 17.7 Å². The van der Waals surface area contributed by atoms with E-state index in [-0.39, 0.29) is 5.69 Å². The maximum atomic E-state index is 10.6. The number of phosphoric acid groups is 1. The van der Waals surface area contributed by atoms with Crippen LogP contribution < -0.4 is 0 Å². The number of ether oxygens (including phenoxy) is 1. The third-order valence-corrected chi connectivity index (χ3v) is 3.43. The van der Waals surface area contributed by atoms with Gasteiger partial charge in [0.15, 0.2) is 6.23 Å². The van der Waals surface area contributed by atoms with Gasteiger partial charge < -0.3 is 29.3 Å². The summed E-state index contributed by atoms with van der Waals surface area (Å²) in [4.78, 5) is 27.1. The molecule has 11 nitrogen and oxygen atoms in total. The Labute approximate surface area is 117 Å². The predicted octanol–water partition coefficient (Wildman–Crippen LogP) is -0.875. The minimum absolute atomic E-state index is 0.227. The second-order valence-corrected chi connectivity index (χ2v) is 5.65. The lowest BCUT2D eigenvalue weighted by Gasteiger charge is -2.15. The van der Waals surface area contributed by atoms with Gasteiger partial charge in [-0.1, -0.05) is 0 Å². The summed E-state index contributed by atoms with van der Waals surface area (Å²) >= 11 is 0. The fraction of sp³-hybridized carbons (Fsp3) is 0.556. The van der Waals surface area contributed by atoms with Gasteiger partial charge >= 0.3 is 7.82 Å². The molecule has 0 radical (unpaired) electrons. The SMILES string of the molecule is O=[N+]([O-])c1ccn([C@@H]2O[C@H](COP(=O)(O)O)[C@@H](O)[C@H]2O)c1. The highest BCUT2D eigenvalue weighted by atomic mass is 31.2. The van der Waals surface area contributed by atoms with Crippen LogP contribution in [0, 0.1) is 10.1 Å². The van der Waals surface area contributed by atoms with E-state index in [2.05, 4.69) is 4.52 Å². The Kier molecular flexibility index (Phi) is 4.44. The number of nitro groups is 1. The molecule has 0 aliphatic carbocycles. The van der Waals surface area contributed by atoms with E-state index in [1.807, 2.05) is 0 Å². The lowest BCUT2D eigenvalue weighted by atomic mass is 10.1. The molecule has 1 aliphatic rings. The first-order chi connectivity index (χ1) is 9.69. The summed E-state index contributed by atoms with van der Waals surface area (Å²) < 4.78 is 21.2. The summed E-state index contributed by atoms with van der Waals surface area (Å²) in [6.45, 7) is -0.637. The van der Waals surface area contributed by atoms with Crippen molar-refractivity contribution in [3.63, 3.8) is 0 Å². The predicted molar refractivity (Wildman–Crippen MR) is 65.0 cm³/mol. The second-order valence-electron chi connectivity index (χ2n) is 4.41. The summed E-state index contributed by atoms with van der Waals surface area (Å²) in [6, 6.07) is 1.18. The van der Waals surface area contributed by atoms with Crippen LogP contribution in [-0.2, 0) is 13.8 Å². The molecular formula is C9H13N2O9P. The fourth-order valence-electron chi connectivity index (χ4n) is 1.95. The largest absolute Gasteiger partial charge is 0.469 e. The van der Waals surface area contributed by atoms with Crippen LogP contribution in [0.3, 0.4) is 0 Å². The summed E-state index contributed by atoms with van der Waals surface area (Å²) in [5.41, 5.74) is -0.227. The number of nitrogens with zero attached hydrogens (tertiary/aromatic N) is 2. The first-order valence-corrected chi connectivity index (χ1v) is 7.25. The van der Waals surface area contributed by atoms with E-state index >= 15 is 0 Å². The van der Waals surface area contributed by atoms with E-state index in [4.69, 9.17) is 14.5 Å². The highest BCUT2D eigenvalue weighted by Gasteiger charge is 2.44. The smallest absolute Gasteiger partial charge is 0.387 e. The third kappa shape index (κ3) is 3.66. The molecule has 2 heterocycles. The van der Waals surface area contributed by atoms with Gasteiger partial charge in [0.2, 0.25) is 0 Å². The van der Waals surface area contributed by atoms with E-state index in [1.54, 1.807) is 0 Å². The number of hydrogen-bond donors (Lipinski definition) is 4. The van der Waals surface area contributed by atoms with E-state index in [0.29, 0.717) is 0 Å². The van der Waals surface area contributed by atoms with Crippen LogP contribution in [-0.4, -0.2) is 54.4 Å². The van der Waals surface area contributed by atoms with Gasteiger partial charge in [-0.2, -0.15) is 0 Å². The van der Waals surface area contributed by atoms with Crippen molar-refractivity contribution in [2.45, 2.75) is 24.5 Å². The van der Waals surface area contributed by atoms with Crippen molar-refractivity contribution in [1.82, 2.24) is 4.57 Å². The number of phosphoric ester groups is 1. The van der Waals surface area contributed by atoms with Crippen molar-refractivity contribution in [1.29, 1.82) is 0 Å². The lowest BCUT2D eigenvalue weighted by molar-refractivity contribution is -0.384. The Bertz CT molecular complexity index is 569. The van der Waals surface area contributed by atoms with Gasteiger partial charge in [0.25, 0.3) is 5.69 Å². The highest BCUT2D eigenvalue weighted by molar-refractivity contribution is 7.46. The molecule has 4 atom stereocenters. The molecule has 2 rings (SSSR count). The highest BCUT2D eigenvalue weighted by Crippen LogP contribution is 2.38. The van der Waals surface area contributed by atoms with Crippen LogP contribution in [0.4, 0.5) is 5.69 Å². The molecule has 0 saturated carbocycles. The molecule has 1 aromatic rings. The molecule has 1 aromatic heterocycles. The number of aromatic nitrogens is 1. The standard InChI is InChI=1S/C9H13N2O9P/c12-7-6(4-19-21(16,17)18)20-9(8(7)13)10-2-1-5(3-10)11(14)15/h1-3,6-9,12-13H,4H2,(H2,16,17,18)/t6-,7-,8-,9-/m1/s1. The van der Waals surface area contributed by atoms with Gasteiger partial charge in [-0.05, 0) is 0 Å². The average molecular weight is 324 g/mol. The number of aliphatic hydroxyl groups is 2. The van der Waals surface area contributed by atoms with Crippen molar-refractivity contribution in [2.75, 3.05) is 6.61 Å². The van der Waals surface area contributed by atoms with Crippen LogP contribution in [0.15, 0.2) is 18.5 Å². The number of aliphatic hydroxyl groups excluding tert-OH is 2. The van der Waals surface area contributed by atoms with E-state index in [9.17, 15) is 24.9 Å². The van der Waals surface area contributed by atoms with Gasteiger partial charge in [-0.25, -0.2) is 4.57 Å². The molecule has 0 amide bonds. The van der Waals surface area contributed by atoms with Gasteiger partial charge in [-0.3, -0.25) is 14.6 Å². The molecule has 1 aliphatic heterocycles. The Morgan fingerprint density at radius 1 is 1.43 bits per heavy atom. The lowest BCUT2D eigenvalue weighted by Crippen LogP contribution is -2.33. The topological polar surface area (TPSA) is 165 Å². The maximum absolute atomic E-state index is 10.6. The molecule has 4 N–H and O–H groups in total. The monoisotopic (exact) mass is 324 g/mol. The van der Waals surface area contributed by atoms with Crippen LogP contribution in [0.5, 0.6) is 0 Å². The van der Waals surface area contributed by atoms with Crippen LogP contribution in [0.25, 0.3) is 0 Å². The molecular weight excluding hydrogens is 311 g/mol. The van der Waals surface area contributed by atoms with E-state index in [1.165, 1.54) is 16.8 Å². The normalized spacial score (nSPS) is 29.7. The van der Waals surface area contributed by atoms with Crippen molar-refractivity contribution in [3.05, 3.63) is 28.6 Å². The summed E-state index contributed by atoms with van der Waals surface area (Å²) in [6.07, 6.45) is -2.80. The molecule has 0 bridgehead atoms. The number of hydrogen-bond acceptors (Lipinski definition) is 7. The molecule has 0 aromatic carbocycles. The van der Waals surface area contributed by atoms with Crippen molar-refractivity contribution in [3.8, 4) is 0 Å². The van der Waals surface area contributed by atoms with Gasteiger partial charge in [0, 0.05) is 12.3 Å².